The van der Waals surface area contributed by atoms with Gasteiger partial charge in [-0.05, 0) is 11.7 Å². The van der Waals surface area contributed by atoms with Gasteiger partial charge in [0.15, 0.2) is 0 Å². The van der Waals surface area contributed by atoms with E-state index in [1.807, 2.05) is 10.8 Å². The van der Waals surface area contributed by atoms with Crippen LogP contribution in [0.4, 0.5) is 11.4 Å². The van der Waals surface area contributed by atoms with Crippen LogP contribution in [0.2, 0.25) is 0 Å². The van der Waals surface area contributed by atoms with Crippen molar-refractivity contribution in [2.24, 2.45) is 5.92 Å². The fourth-order valence-electron chi connectivity index (χ4n) is 1.66. The molecule has 3 nitrogen and oxygen atoms in total. The van der Waals surface area contributed by atoms with Crippen molar-refractivity contribution in [3.63, 3.8) is 0 Å². The minimum atomic E-state index is 0.161. The van der Waals surface area contributed by atoms with E-state index >= 15 is 0 Å². The molecule has 1 aliphatic heterocycles. The number of anilines is 2. The third-order valence-corrected chi connectivity index (χ3v) is 3.69. The van der Waals surface area contributed by atoms with Crippen LogP contribution in [-0.2, 0) is 4.79 Å². The molecule has 76 valence electrons. The topological polar surface area (TPSA) is 46.3 Å². The first kappa shape index (κ1) is 9.86. The van der Waals surface area contributed by atoms with Gasteiger partial charge in [0.2, 0.25) is 5.91 Å². The van der Waals surface area contributed by atoms with Gasteiger partial charge in [-0.1, -0.05) is 0 Å². The van der Waals surface area contributed by atoms with E-state index in [4.69, 9.17) is 5.73 Å². The second-order valence-electron chi connectivity index (χ2n) is 3.47. The van der Waals surface area contributed by atoms with Crippen LogP contribution in [0.25, 0.3) is 0 Å². The highest BCUT2D eigenvalue weighted by Crippen LogP contribution is 2.32. The van der Waals surface area contributed by atoms with E-state index in [-0.39, 0.29) is 5.91 Å². The maximum absolute atomic E-state index is 11.6. The summed E-state index contributed by atoms with van der Waals surface area (Å²) in [4.78, 5) is 13.4. The van der Waals surface area contributed by atoms with E-state index in [2.05, 4.69) is 12.6 Å². The molecule has 2 rings (SSSR count). The molecule has 0 saturated carbocycles. The first-order valence-electron chi connectivity index (χ1n) is 4.45. The standard InChI is InChI=1S/C9H12N2OS2/c10-7-4-14-5-8(7)11-2-6(3-13)1-9(11)12/h4-6,13H,1-3,10H2. The van der Waals surface area contributed by atoms with Gasteiger partial charge in [0.1, 0.15) is 0 Å². The Hall–Kier alpha value is -0.680. The lowest BCUT2D eigenvalue weighted by Gasteiger charge is -2.15. The second kappa shape index (κ2) is 3.82. The van der Waals surface area contributed by atoms with E-state index in [1.54, 1.807) is 4.90 Å². The average Bonchev–Trinajstić information content (AvgIpc) is 2.72. The number of rotatable bonds is 2. The third kappa shape index (κ3) is 1.62. The first-order valence-corrected chi connectivity index (χ1v) is 6.02. The monoisotopic (exact) mass is 228 g/mol. The lowest BCUT2D eigenvalue weighted by molar-refractivity contribution is -0.117. The number of thiol groups is 1. The largest absolute Gasteiger partial charge is 0.396 e. The zero-order valence-corrected chi connectivity index (χ0v) is 9.35. The first-order chi connectivity index (χ1) is 6.72. The molecule has 0 bridgehead atoms. The molecule has 1 saturated heterocycles. The molecule has 0 spiro atoms. The van der Waals surface area contributed by atoms with Gasteiger partial charge in [-0.25, -0.2) is 0 Å². The molecule has 0 radical (unpaired) electrons. The SMILES string of the molecule is Nc1cscc1N1CC(CS)CC1=O. The quantitative estimate of drug-likeness (QED) is 0.756. The molecule has 2 N–H and O–H groups in total. The van der Waals surface area contributed by atoms with E-state index in [1.165, 1.54) is 11.3 Å². The third-order valence-electron chi connectivity index (χ3n) is 2.42. The molecular weight excluding hydrogens is 216 g/mol. The Morgan fingerprint density at radius 1 is 1.64 bits per heavy atom. The number of nitrogens with two attached hydrogens (primary N) is 1. The van der Waals surface area contributed by atoms with E-state index in [0.717, 1.165) is 18.0 Å². The highest BCUT2D eigenvalue weighted by molar-refractivity contribution is 7.80. The van der Waals surface area contributed by atoms with Crippen molar-refractivity contribution in [1.82, 2.24) is 0 Å². The van der Waals surface area contributed by atoms with Gasteiger partial charge < -0.3 is 10.6 Å². The summed E-state index contributed by atoms with van der Waals surface area (Å²) in [5, 5.41) is 3.78. The van der Waals surface area contributed by atoms with Gasteiger partial charge in [0.25, 0.3) is 0 Å². The average molecular weight is 228 g/mol. The predicted octanol–water partition coefficient (Wildman–Crippen LogP) is 1.61. The van der Waals surface area contributed by atoms with Gasteiger partial charge in [0.05, 0.1) is 11.4 Å². The van der Waals surface area contributed by atoms with Crippen molar-refractivity contribution in [2.75, 3.05) is 22.9 Å². The molecule has 0 aromatic carbocycles. The molecular formula is C9H12N2OS2. The molecule has 14 heavy (non-hydrogen) atoms. The van der Waals surface area contributed by atoms with Gasteiger partial charge in [-0.3, -0.25) is 4.79 Å². The molecule has 1 unspecified atom stereocenters. The Bertz CT molecular complexity index is 350. The van der Waals surface area contributed by atoms with Crippen LogP contribution in [0.1, 0.15) is 6.42 Å². The Morgan fingerprint density at radius 3 is 2.93 bits per heavy atom. The van der Waals surface area contributed by atoms with Crippen LogP contribution >= 0.6 is 24.0 Å². The molecule has 2 heterocycles. The fourth-order valence-corrected chi connectivity index (χ4v) is 2.63. The van der Waals surface area contributed by atoms with Crippen LogP contribution in [0.15, 0.2) is 10.8 Å². The van der Waals surface area contributed by atoms with Crippen molar-refractivity contribution in [2.45, 2.75) is 6.42 Å². The molecule has 1 aromatic rings. The molecule has 1 atom stereocenters. The number of carbonyl (C=O) groups excluding carboxylic acids is 1. The number of amides is 1. The summed E-state index contributed by atoms with van der Waals surface area (Å²) in [6.45, 7) is 0.753. The summed E-state index contributed by atoms with van der Waals surface area (Å²) in [6.07, 6.45) is 0.596. The zero-order chi connectivity index (χ0) is 10.1. The Balaban J connectivity index is 2.20. The van der Waals surface area contributed by atoms with Crippen LogP contribution in [-0.4, -0.2) is 18.2 Å². The lowest BCUT2D eigenvalue weighted by atomic mass is 10.1. The number of hydrogen-bond donors (Lipinski definition) is 2. The van der Waals surface area contributed by atoms with Gasteiger partial charge >= 0.3 is 0 Å². The maximum atomic E-state index is 11.6. The smallest absolute Gasteiger partial charge is 0.227 e. The van der Waals surface area contributed by atoms with Gasteiger partial charge in [0, 0.05) is 23.7 Å². The van der Waals surface area contributed by atoms with Crippen molar-refractivity contribution < 1.29 is 4.79 Å². The summed E-state index contributed by atoms with van der Waals surface area (Å²) in [7, 11) is 0. The highest BCUT2D eigenvalue weighted by atomic mass is 32.1. The predicted molar refractivity (Wildman–Crippen MR) is 63.0 cm³/mol. The second-order valence-corrected chi connectivity index (χ2v) is 4.58. The van der Waals surface area contributed by atoms with Crippen LogP contribution in [0.3, 0.4) is 0 Å². The maximum Gasteiger partial charge on any atom is 0.227 e. The van der Waals surface area contributed by atoms with E-state index in [0.29, 0.717) is 18.0 Å². The summed E-state index contributed by atoms with van der Waals surface area (Å²) in [5.74, 6) is 1.28. The van der Waals surface area contributed by atoms with E-state index < -0.39 is 0 Å². The molecule has 1 amide bonds. The normalized spacial score (nSPS) is 21.9. The summed E-state index contributed by atoms with van der Waals surface area (Å²) < 4.78 is 0. The molecule has 1 fully saturated rings. The number of carbonyl (C=O) groups is 1. The number of nitrogens with zero attached hydrogens (tertiary/aromatic N) is 1. The van der Waals surface area contributed by atoms with Crippen LogP contribution < -0.4 is 10.6 Å². The van der Waals surface area contributed by atoms with Gasteiger partial charge in [-0.2, -0.15) is 12.6 Å². The lowest BCUT2D eigenvalue weighted by Crippen LogP contribution is -2.24. The fraction of sp³-hybridized carbons (Fsp3) is 0.444. The molecule has 1 aromatic heterocycles. The van der Waals surface area contributed by atoms with Crippen LogP contribution in [0, 0.1) is 5.92 Å². The zero-order valence-electron chi connectivity index (χ0n) is 7.64. The number of hydrogen-bond acceptors (Lipinski definition) is 4. The number of nitrogen functional groups attached to an aromatic ring is 1. The Kier molecular flexibility index (Phi) is 2.69. The summed E-state index contributed by atoms with van der Waals surface area (Å²) >= 11 is 5.74. The van der Waals surface area contributed by atoms with Crippen molar-refractivity contribution in [3.05, 3.63) is 10.8 Å². The summed E-state index contributed by atoms with van der Waals surface area (Å²) in [6, 6.07) is 0. The minimum absolute atomic E-state index is 0.161. The van der Waals surface area contributed by atoms with Gasteiger partial charge in [-0.15, -0.1) is 11.3 Å². The van der Waals surface area contributed by atoms with E-state index in [9.17, 15) is 4.79 Å². The van der Waals surface area contributed by atoms with Crippen LogP contribution in [0.5, 0.6) is 0 Å². The molecule has 5 heteroatoms. The number of thiophene rings is 1. The molecule has 0 aliphatic carbocycles. The minimum Gasteiger partial charge on any atom is -0.396 e. The Morgan fingerprint density at radius 2 is 2.43 bits per heavy atom. The van der Waals surface area contributed by atoms with Crippen molar-refractivity contribution in [1.29, 1.82) is 0 Å². The molecule has 1 aliphatic rings. The van der Waals surface area contributed by atoms with Crippen molar-refractivity contribution >= 4 is 41.2 Å². The Labute approximate surface area is 92.3 Å². The van der Waals surface area contributed by atoms with Crippen molar-refractivity contribution in [3.8, 4) is 0 Å². The summed E-state index contributed by atoms with van der Waals surface area (Å²) in [5.41, 5.74) is 7.33. The highest BCUT2D eigenvalue weighted by Gasteiger charge is 2.30.